The third-order valence-corrected chi connectivity index (χ3v) is 4.57. The third-order valence-electron chi connectivity index (χ3n) is 4.57. The normalized spacial score (nSPS) is 11.6. The zero-order valence-electron chi connectivity index (χ0n) is 17.0. The molecule has 0 saturated carbocycles. The summed E-state index contributed by atoms with van der Waals surface area (Å²) in [6.07, 6.45) is 0.812. The van der Waals surface area contributed by atoms with Crippen LogP contribution in [-0.2, 0) is 6.42 Å². The van der Waals surface area contributed by atoms with E-state index >= 15 is 0 Å². The predicted octanol–water partition coefficient (Wildman–Crippen LogP) is 3.94. The van der Waals surface area contributed by atoms with Crippen LogP contribution in [-0.4, -0.2) is 29.5 Å². The summed E-state index contributed by atoms with van der Waals surface area (Å²) >= 11 is 0. The van der Waals surface area contributed by atoms with E-state index in [0.29, 0.717) is 23.9 Å². The summed E-state index contributed by atoms with van der Waals surface area (Å²) < 4.78 is 5.26. The van der Waals surface area contributed by atoms with Crippen molar-refractivity contribution in [2.75, 3.05) is 19.0 Å². The lowest BCUT2D eigenvalue weighted by atomic mass is 10.1. The highest BCUT2D eigenvalue weighted by atomic mass is 16.5. The minimum atomic E-state index is -0.220. The summed E-state index contributed by atoms with van der Waals surface area (Å²) in [5.41, 5.74) is 2.56. The van der Waals surface area contributed by atoms with Crippen LogP contribution in [0.25, 0.3) is 0 Å². The van der Waals surface area contributed by atoms with Crippen molar-refractivity contribution in [2.45, 2.75) is 26.3 Å². The Morgan fingerprint density at radius 3 is 2.62 bits per heavy atom. The van der Waals surface area contributed by atoms with Crippen LogP contribution in [0.4, 0.5) is 5.82 Å². The van der Waals surface area contributed by atoms with Crippen molar-refractivity contribution < 1.29 is 9.53 Å². The molecule has 2 N–H and O–H groups in total. The Bertz CT molecular complexity index is 960. The van der Waals surface area contributed by atoms with Gasteiger partial charge in [-0.15, -0.1) is 0 Å². The van der Waals surface area contributed by atoms with Gasteiger partial charge in [-0.3, -0.25) is 4.79 Å². The number of aryl methyl sites for hydroxylation is 1. The van der Waals surface area contributed by atoms with Gasteiger partial charge < -0.3 is 15.4 Å². The molecule has 29 heavy (non-hydrogen) atoms. The number of methoxy groups -OCH3 is 1. The van der Waals surface area contributed by atoms with Gasteiger partial charge in [-0.2, -0.15) is 0 Å². The molecule has 1 unspecified atom stereocenters. The molecule has 6 nitrogen and oxygen atoms in total. The second kappa shape index (κ2) is 9.68. The van der Waals surface area contributed by atoms with Gasteiger partial charge in [-0.1, -0.05) is 42.5 Å². The molecule has 6 heteroatoms. The molecular weight excluding hydrogens is 364 g/mol. The second-order valence-corrected chi connectivity index (χ2v) is 6.82. The molecule has 0 aliphatic heterocycles. The van der Waals surface area contributed by atoms with Crippen LogP contribution in [0.2, 0.25) is 0 Å². The molecule has 2 aromatic carbocycles. The smallest absolute Gasteiger partial charge is 0.270 e. The zero-order valence-corrected chi connectivity index (χ0v) is 17.0. The topological polar surface area (TPSA) is 76.1 Å². The number of nitrogens with zero attached hydrogens (tertiary/aromatic N) is 2. The lowest BCUT2D eigenvalue weighted by molar-refractivity contribution is 0.0934. The molecule has 0 aliphatic rings. The van der Waals surface area contributed by atoms with Crippen molar-refractivity contribution in [3.63, 3.8) is 0 Å². The summed E-state index contributed by atoms with van der Waals surface area (Å²) in [4.78, 5) is 21.3. The number of nitrogens with one attached hydrogen (secondary N) is 2. The van der Waals surface area contributed by atoms with Crippen LogP contribution in [0.1, 0.15) is 40.4 Å². The number of hydrogen-bond donors (Lipinski definition) is 2. The van der Waals surface area contributed by atoms with E-state index in [1.165, 1.54) is 0 Å². The van der Waals surface area contributed by atoms with E-state index in [0.717, 1.165) is 23.3 Å². The molecule has 1 amide bonds. The summed E-state index contributed by atoms with van der Waals surface area (Å²) in [5.74, 6) is 1.81. The van der Waals surface area contributed by atoms with Gasteiger partial charge in [0.1, 0.15) is 23.1 Å². The maximum absolute atomic E-state index is 12.7. The van der Waals surface area contributed by atoms with Crippen molar-refractivity contribution in [3.8, 4) is 5.75 Å². The Morgan fingerprint density at radius 1 is 1.07 bits per heavy atom. The first-order valence-corrected chi connectivity index (χ1v) is 9.63. The number of carbonyl (C=O) groups is 1. The quantitative estimate of drug-likeness (QED) is 0.609. The molecule has 3 aromatic rings. The van der Waals surface area contributed by atoms with E-state index in [4.69, 9.17) is 4.74 Å². The van der Waals surface area contributed by atoms with Crippen LogP contribution < -0.4 is 15.4 Å². The maximum atomic E-state index is 12.7. The average molecular weight is 390 g/mol. The second-order valence-electron chi connectivity index (χ2n) is 6.82. The van der Waals surface area contributed by atoms with Crippen LogP contribution in [0.5, 0.6) is 5.75 Å². The van der Waals surface area contributed by atoms with Gasteiger partial charge in [0.2, 0.25) is 0 Å². The standard InChI is InChI=1S/C23H26N4O2/c1-16(19-9-5-4-6-10-19)25-23(28)21-15-22(27-17(2)26-21)24-13-12-18-8-7-11-20(14-18)29-3/h4-11,14-16H,12-13H2,1-3H3,(H,25,28)(H,24,26,27). The van der Waals surface area contributed by atoms with E-state index in [9.17, 15) is 4.79 Å². The Hall–Kier alpha value is -3.41. The largest absolute Gasteiger partial charge is 0.497 e. The van der Waals surface area contributed by atoms with Crippen LogP contribution in [0, 0.1) is 6.92 Å². The number of amides is 1. The molecule has 1 atom stereocenters. The molecule has 1 aromatic heterocycles. The van der Waals surface area contributed by atoms with Crippen LogP contribution in [0.3, 0.4) is 0 Å². The number of anilines is 1. The molecule has 0 bridgehead atoms. The third kappa shape index (κ3) is 5.78. The number of rotatable bonds is 8. The van der Waals surface area contributed by atoms with Gasteiger partial charge in [-0.05, 0) is 43.5 Å². The molecule has 0 radical (unpaired) electrons. The van der Waals surface area contributed by atoms with Crippen molar-refractivity contribution in [2.24, 2.45) is 0 Å². The molecule has 3 rings (SSSR count). The number of ether oxygens (including phenoxy) is 1. The summed E-state index contributed by atoms with van der Waals surface area (Å²) in [6.45, 7) is 4.42. The van der Waals surface area contributed by atoms with Crippen molar-refractivity contribution >= 4 is 11.7 Å². The molecular formula is C23H26N4O2. The lowest BCUT2D eigenvalue weighted by Gasteiger charge is -2.15. The Kier molecular flexibility index (Phi) is 6.79. The number of aromatic nitrogens is 2. The van der Waals surface area contributed by atoms with Crippen LogP contribution in [0.15, 0.2) is 60.7 Å². The van der Waals surface area contributed by atoms with Gasteiger partial charge in [0.25, 0.3) is 5.91 Å². The fourth-order valence-corrected chi connectivity index (χ4v) is 3.03. The molecule has 0 spiro atoms. The molecule has 0 saturated heterocycles. The molecule has 150 valence electrons. The minimum absolute atomic E-state index is 0.108. The predicted molar refractivity (Wildman–Crippen MR) is 114 cm³/mol. The monoisotopic (exact) mass is 390 g/mol. The number of carbonyl (C=O) groups excluding carboxylic acids is 1. The van der Waals surface area contributed by atoms with E-state index in [2.05, 4.69) is 26.7 Å². The number of hydrogen-bond acceptors (Lipinski definition) is 5. The van der Waals surface area contributed by atoms with E-state index < -0.39 is 0 Å². The Morgan fingerprint density at radius 2 is 1.86 bits per heavy atom. The van der Waals surface area contributed by atoms with Crippen molar-refractivity contribution in [1.82, 2.24) is 15.3 Å². The fourth-order valence-electron chi connectivity index (χ4n) is 3.03. The average Bonchev–Trinajstić information content (AvgIpc) is 2.74. The summed E-state index contributed by atoms with van der Waals surface area (Å²) in [5, 5.41) is 6.27. The Labute approximate surface area is 171 Å². The Balaban J connectivity index is 1.62. The minimum Gasteiger partial charge on any atom is -0.497 e. The van der Waals surface area contributed by atoms with Gasteiger partial charge in [0.05, 0.1) is 13.2 Å². The van der Waals surface area contributed by atoms with Crippen LogP contribution >= 0.6 is 0 Å². The first-order chi connectivity index (χ1) is 14.0. The SMILES string of the molecule is COc1cccc(CCNc2cc(C(=O)NC(C)c3ccccc3)nc(C)n2)c1. The highest BCUT2D eigenvalue weighted by Crippen LogP contribution is 2.15. The van der Waals surface area contributed by atoms with Gasteiger partial charge in [-0.25, -0.2) is 9.97 Å². The van der Waals surface area contributed by atoms with Gasteiger partial charge >= 0.3 is 0 Å². The van der Waals surface area contributed by atoms with E-state index in [1.54, 1.807) is 20.1 Å². The van der Waals surface area contributed by atoms with Crippen molar-refractivity contribution in [1.29, 1.82) is 0 Å². The van der Waals surface area contributed by atoms with Gasteiger partial charge in [0.15, 0.2) is 0 Å². The first kappa shape index (κ1) is 20.3. The fraction of sp³-hybridized carbons (Fsp3) is 0.261. The first-order valence-electron chi connectivity index (χ1n) is 9.63. The molecule has 1 heterocycles. The summed E-state index contributed by atoms with van der Waals surface area (Å²) in [7, 11) is 1.66. The number of benzene rings is 2. The summed E-state index contributed by atoms with van der Waals surface area (Å²) in [6, 6.07) is 19.4. The van der Waals surface area contributed by atoms with E-state index in [1.807, 2.05) is 55.5 Å². The highest BCUT2D eigenvalue weighted by molar-refractivity contribution is 5.93. The highest BCUT2D eigenvalue weighted by Gasteiger charge is 2.14. The van der Waals surface area contributed by atoms with Gasteiger partial charge in [0, 0.05) is 12.6 Å². The molecule has 0 fully saturated rings. The van der Waals surface area contributed by atoms with E-state index in [-0.39, 0.29) is 11.9 Å². The maximum Gasteiger partial charge on any atom is 0.270 e. The lowest BCUT2D eigenvalue weighted by Crippen LogP contribution is -2.28. The van der Waals surface area contributed by atoms with Crippen molar-refractivity contribution in [3.05, 3.63) is 83.3 Å². The molecule has 0 aliphatic carbocycles. The zero-order chi connectivity index (χ0) is 20.6.